The molecule has 2 aliphatic heterocycles. The van der Waals surface area contributed by atoms with Gasteiger partial charge in [-0.1, -0.05) is 13.8 Å². The molecule has 1 saturated carbocycles. The highest BCUT2D eigenvalue weighted by Gasteiger charge is 2.71. The van der Waals surface area contributed by atoms with Crippen LogP contribution in [0.3, 0.4) is 0 Å². The number of piperidine rings is 1. The second-order valence-corrected chi connectivity index (χ2v) is 7.75. The number of likely N-dealkylation sites (N-methyl/N-ethyl adjacent to an activating group) is 2. The van der Waals surface area contributed by atoms with E-state index in [2.05, 4.69) is 25.8 Å². The Morgan fingerprint density at radius 1 is 1.38 bits per heavy atom. The van der Waals surface area contributed by atoms with Gasteiger partial charge in [0.15, 0.2) is 0 Å². The minimum atomic E-state index is -0.765. The van der Waals surface area contributed by atoms with Crippen molar-refractivity contribution in [1.82, 2.24) is 9.80 Å². The second-order valence-electron chi connectivity index (χ2n) is 7.75. The fraction of sp³-hybridized carbons (Fsp3) is 0.938. The average Bonchev–Trinajstić information content (AvgIpc) is 2.93. The molecule has 4 atom stereocenters. The predicted octanol–water partition coefficient (Wildman–Crippen LogP) is 0.681. The van der Waals surface area contributed by atoms with Crippen LogP contribution in [0.15, 0.2) is 0 Å². The number of likely N-dealkylation sites (tertiary alicyclic amines) is 1. The third-order valence-corrected chi connectivity index (χ3v) is 6.28. The van der Waals surface area contributed by atoms with Crippen LogP contribution in [0.25, 0.3) is 0 Å². The van der Waals surface area contributed by atoms with Crippen molar-refractivity contribution in [2.45, 2.75) is 50.8 Å². The molecule has 21 heavy (non-hydrogen) atoms. The van der Waals surface area contributed by atoms with Gasteiger partial charge in [-0.15, -0.1) is 0 Å². The van der Waals surface area contributed by atoms with Gasteiger partial charge in [0, 0.05) is 37.6 Å². The summed E-state index contributed by atoms with van der Waals surface area (Å²) >= 11 is 0. The van der Waals surface area contributed by atoms with Gasteiger partial charge in [-0.3, -0.25) is 4.79 Å². The summed E-state index contributed by atoms with van der Waals surface area (Å²) in [6.45, 7) is 6.97. The number of rotatable bonds is 2. The Balaban J connectivity index is 1.77. The molecule has 3 fully saturated rings. The predicted molar refractivity (Wildman–Crippen MR) is 81.8 cm³/mol. The highest BCUT2D eigenvalue weighted by Crippen LogP contribution is 2.58. The fourth-order valence-electron chi connectivity index (χ4n) is 4.73. The summed E-state index contributed by atoms with van der Waals surface area (Å²) in [5.41, 5.74) is 5.62. The molecule has 3 aliphatic rings. The third kappa shape index (κ3) is 1.97. The maximum absolute atomic E-state index is 13.1. The van der Waals surface area contributed by atoms with Crippen LogP contribution in [-0.2, 0) is 9.53 Å². The highest BCUT2D eigenvalue weighted by molar-refractivity contribution is 5.89. The third-order valence-electron chi connectivity index (χ3n) is 6.28. The van der Waals surface area contributed by atoms with Gasteiger partial charge in [-0.2, -0.15) is 0 Å². The molecule has 120 valence electrons. The smallest absolute Gasteiger partial charge is 0.243 e. The summed E-state index contributed by atoms with van der Waals surface area (Å²) in [5.74, 6) is 0.295. The van der Waals surface area contributed by atoms with E-state index in [4.69, 9.17) is 10.5 Å². The van der Waals surface area contributed by atoms with Gasteiger partial charge in [-0.05, 0) is 32.9 Å². The monoisotopic (exact) mass is 295 g/mol. The van der Waals surface area contributed by atoms with E-state index in [9.17, 15) is 4.79 Å². The lowest BCUT2D eigenvalue weighted by molar-refractivity contribution is -0.185. The lowest BCUT2D eigenvalue weighted by Gasteiger charge is -2.62. The number of ether oxygens (including phenoxy) is 1. The maximum atomic E-state index is 13.1. The molecule has 0 radical (unpaired) electrons. The minimum Gasteiger partial charge on any atom is -0.377 e. The Labute approximate surface area is 127 Å². The van der Waals surface area contributed by atoms with Crippen molar-refractivity contribution in [2.75, 3.05) is 33.8 Å². The van der Waals surface area contributed by atoms with Crippen molar-refractivity contribution in [3.63, 3.8) is 0 Å². The molecule has 0 aromatic carbocycles. The van der Waals surface area contributed by atoms with Gasteiger partial charge in [0.05, 0.1) is 6.10 Å². The van der Waals surface area contributed by atoms with Gasteiger partial charge < -0.3 is 20.3 Å². The molecular formula is C16H29N3O2. The van der Waals surface area contributed by atoms with Crippen LogP contribution >= 0.6 is 0 Å². The molecule has 1 amide bonds. The standard InChI is InChI=1S/C16H29N3O2/c1-15(2)13-12(7-9-21-13)16(15,17)14(20)19(4)11-6-5-8-18(3)10-11/h11-13H,5-10,17H2,1-4H3. The zero-order valence-corrected chi connectivity index (χ0v) is 13.8. The summed E-state index contributed by atoms with van der Waals surface area (Å²) in [7, 11) is 4.05. The Morgan fingerprint density at radius 2 is 2.10 bits per heavy atom. The molecule has 0 aromatic heterocycles. The molecule has 3 rings (SSSR count). The molecule has 0 aromatic rings. The first-order valence-corrected chi connectivity index (χ1v) is 8.16. The molecule has 2 saturated heterocycles. The quantitative estimate of drug-likeness (QED) is 0.814. The van der Waals surface area contributed by atoms with E-state index in [1.54, 1.807) is 0 Å². The lowest BCUT2D eigenvalue weighted by atomic mass is 9.47. The average molecular weight is 295 g/mol. The number of nitrogens with zero attached hydrogens (tertiary/aromatic N) is 2. The van der Waals surface area contributed by atoms with E-state index in [-0.39, 0.29) is 29.4 Å². The lowest BCUT2D eigenvalue weighted by Crippen LogP contribution is -2.80. The first-order chi connectivity index (χ1) is 9.80. The zero-order valence-electron chi connectivity index (χ0n) is 13.8. The van der Waals surface area contributed by atoms with Crippen LogP contribution in [0.1, 0.15) is 33.1 Å². The summed E-state index contributed by atoms with van der Waals surface area (Å²) in [4.78, 5) is 17.4. The zero-order chi connectivity index (χ0) is 15.4. The van der Waals surface area contributed by atoms with Gasteiger partial charge in [0.25, 0.3) is 0 Å². The van der Waals surface area contributed by atoms with E-state index in [0.29, 0.717) is 0 Å². The number of amides is 1. The molecule has 4 unspecified atom stereocenters. The fourth-order valence-corrected chi connectivity index (χ4v) is 4.73. The number of hydrogen-bond donors (Lipinski definition) is 1. The summed E-state index contributed by atoms with van der Waals surface area (Å²) in [6.07, 6.45) is 3.28. The van der Waals surface area contributed by atoms with Crippen LogP contribution in [0.5, 0.6) is 0 Å². The van der Waals surface area contributed by atoms with E-state index in [1.807, 2.05) is 11.9 Å². The Kier molecular flexibility index (Phi) is 3.58. The minimum absolute atomic E-state index is 0.111. The van der Waals surface area contributed by atoms with Crippen molar-refractivity contribution < 1.29 is 9.53 Å². The first-order valence-electron chi connectivity index (χ1n) is 8.16. The Morgan fingerprint density at radius 3 is 2.76 bits per heavy atom. The van der Waals surface area contributed by atoms with Crippen LogP contribution in [0, 0.1) is 11.3 Å². The molecule has 2 heterocycles. The molecule has 5 heteroatoms. The summed E-state index contributed by atoms with van der Waals surface area (Å²) < 4.78 is 5.80. The number of fused-ring (bicyclic) bond motifs is 1. The normalized spacial score (nSPS) is 42.2. The van der Waals surface area contributed by atoms with E-state index in [1.165, 1.54) is 0 Å². The number of carbonyl (C=O) groups excluding carboxylic acids is 1. The molecule has 1 aliphatic carbocycles. The highest BCUT2D eigenvalue weighted by atomic mass is 16.5. The largest absolute Gasteiger partial charge is 0.377 e. The Bertz CT molecular complexity index is 439. The van der Waals surface area contributed by atoms with Crippen molar-refractivity contribution >= 4 is 5.91 Å². The van der Waals surface area contributed by atoms with Gasteiger partial charge in [0.2, 0.25) is 5.91 Å². The van der Waals surface area contributed by atoms with Crippen LogP contribution in [0.4, 0.5) is 0 Å². The van der Waals surface area contributed by atoms with Crippen LogP contribution in [0.2, 0.25) is 0 Å². The van der Waals surface area contributed by atoms with Crippen molar-refractivity contribution in [2.24, 2.45) is 17.1 Å². The molecule has 0 bridgehead atoms. The summed E-state index contributed by atoms with van der Waals surface area (Å²) in [5, 5.41) is 0. The van der Waals surface area contributed by atoms with Crippen LogP contribution in [-0.4, -0.2) is 67.2 Å². The van der Waals surface area contributed by atoms with Crippen molar-refractivity contribution in [3.8, 4) is 0 Å². The van der Waals surface area contributed by atoms with Crippen molar-refractivity contribution in [3.05, 3.63) is 0 Å². The van der Waals surface area contributed by atoms with Gasteiger partial charge in [0.1, 0.15) is 5.54 Å². The van der Waals surface area contributed by atoms with Crippen molar-refractivity contribution in [1.29, 1.82) is 0 Å². The second kappa shape index (κ2) is 4.93. The number of hydrogen-bond acceptors (Lipinski definition) is 4. The van der Waals surface area contributed by atoms with Crippen LogP contribution < -0.4 is 5.73 Å². The topological polar surface area (TPSA) is 58.8 Å². The summed E-state index contributed by atoms with van der Waals surface area (Å²) in [6, 6.07) is 0.286. The van der Waals surface area contributed by atoms with Gasteiger partial charge >= 0.3 is 0 Å². The van der Waals surface area contributed by atoms with E-state index < -0.39 is 5.54 Å². The molecule has 2 N–H and O–H groups in total. The molecular weight excluding hydrogens is 266 g/mol. The number of nitrogens with two attached hydrogens (primary N) is 1. The van der Waals surface area contributed by atoms with E-state index in [0.717, 1.165) is 39.0 Å². The molecule has 5 nitrogen and oxygen atoms in total. The maximum Gasteiger partial charge on any atom is 0.243 e. The first kappa shape index (κ1) is 15.3. The van der Waals surface area contributed by atoms with E-state index >= 15 is 0 Å². The molecule has 0 spiro atoms. The Hall–Kier alpha value is -0.650. The SMILES string of the molecule is CN1CCCC(N(C)C(=O)C2(N)C3CCOC3C2(C)C)C1. The van der Waals surface area contributed by atoms with Gasteiger partial charge in [-0.25, -0.2) is 0 Å². The number of carbonyl (C=O) groups is 1.